The van der Waals surface area contributed by atoms with Crippen LogP contribution in [0.15, 0.2) is 60.9 Å². The molecule has 69 heavy (non-hydrogen) atoms. The number of nitrogens with two attached hydrogens (primary N) is 1. The number of amides is 3. The van der Waals surface area contributed by atoms with Crippen LogP contribution in [0.4, 0.5) is 52.6 Å². The average molecular weight is 981 g/mol. The standard InChI is InChI=1S/C26H35F3N4O5.C21H27F3N4O3/c1-8-36-22(34)32-21-30-12-11-19(31-21)17-9-10-20(18(13-17)26(27,28)29)37-15-25(7,14-16(2)3)33-23(35)38-24(4,5)6;1-5-30-19(29)28-18-26-9-8-16(27-18)14-6-7-17(15(10-14)21(22,23)24)31-12-20(4,25)11-13(2)3/h9-13,16H,8,14-15H2,1-7H3,(H,33,35)(H,30,31,32,34);6-10,13H,5,11-12,25H2,1-4H3,(H,26,27,28,29)/t25-;20-/m00/s1. The molecule has 22 heteroatoms. The molecule has 0 saturated heterocycles. The highest BCUT2D eigenvalue weighted by Crippen LogP contribution is 2.40. The van der Waals surface area contributed by atoms with Crippen LogP contribution in [-0.2, 0) is 26.6 Å². The Morgan fingerprint density at radius 3 is 1.42 bits per heavy atom. The molecule has 0 aliphatic carbocycles. The zero-order valence-electron chi connectivity index (χ0n) is 40.6. The molecule has 380 valence electrons. The van der Waals surface area contributed by atoms with Crippen molar-refractivity contribution in [1.82, 2.24) is 25.3 Å². The largest absolute Gasteiger partial charge is 0.491 e. The van der Waals surface area contributed by atoms with Gasteiger partial charge in [-0.05, 0) is 122 Å². The number of anilines is 2. The molecule has 0 spiro atoms. The van der Waals surface area contributed by atoms with Crippen LogP contribution in [0.2, 0.25) is 0 Å². The highest BCUT2D eigenvalue weighted by Gasteiger charge is 2.38. The van der Waals surface area contributed by atoms with Crippen molar-refractivity contribution in [1.29, 1.82) is 0 Å². The van der Waals surface area contributed by atoms with Crippen LogP contribution in [0.3, 0.4) is 0 Å². The lowest BCUT2D eigenvalue weighted by molar-refractivity contribution is -0.139. The number of carbonyl (C=O) groups excluding carboxylic acids is 3. The Bertz CT molecular complexity index is 2340. The van der Waals surface area contributed by atoms with E-state index in [0.29, 0.717) is 12.8 Å². The maximum Gasteiger partial charge on any atom is 0.419 e. The summed E-state index contributed by atoms with van der Waals surface area (Å²) in [6.07, 6.45) is -7.95. The first kappa shape index (κ1) is 56.9. The third-order valence-electron chi connectivity index (χ3n) is 9.09. The molecule has 2 aromatic carbocycles. The van der Waals surface area contributed by atoms with Gasteiger partial charge in [0.25, 0.3) is 0 Å². The number of hydrogen-bond donors (Lipinski definition) is 4. The Hall–Kier alpha value is -6.45. The maximum atomic E-state index is 14.0. The highest BCUT2D eigenvalue weighted by molar-refractivity contribution is 5.83. The smallest absolute Gasteiger partial charge is 0.419 e. The molecule has 4 rings (SSSR count). The number of carbonyl (C=O) groups is 3. The quantitative estimate of drug-likeness (QED) is 0.0574. The van der Waals surface area contributed by atoms with E-state index in [2.05, 4.69) is 35.9 Å². The highest BCUT2D eigenvalue weighted by atomic mass is 19.4. The van der Waals surface area contributed by atoms with Crippen molar-refractivity contribution in [2.75, 3.05) is 37.1 Å². The molecule has 2 heterocycles. The minimum absolute atomic E-state index is 0.0608. The molecule has 16 nitrogen and oxygen atoms in total. The van der Waals surface area contributed by atoms with Crippen LogP contribution >= 0.6 is 0 Å². The molecule has 5 N–H and O–H groups in total. The van der Waals surface area contributed by atoms with E-state index in [1.165, 1.54) is 48.8 Å². The summed E-state index contributed by atoms with van der Waals surface area (Å²) < 4.78 is 109. The molecule has 0 radical (unpaired) electrons. The summed E-state index contributed by atoms with van der Waals surface area (Å²) in [7, 11) is 0. The third kappa shape index (κ3) is 19.6. The molecule has 2 aromatic heterocycles. The molecule has 2 atom stereocenters. The summed E-state index contributed by atoms with van der Waals surface area (Å²) in [6.45, 7) is 19.7. The van der Waals surface area contributed by atoms with Crippen LogP contribution in [0.25, 0.3) is 22.5 Å². The van der Waals surface area contributed by atoms with E-state index in [1.54, 1.807) is 48.5 Å². The van der Waals surface area contributed by atoms with Crippen LogP contribution in [0.1, 0.15) is 100 Å². The van der Waals surface area contributed by atoms with Crippen molar-refractivity contribution in [2.45, 2.75) is 118 Å². The van der Waals surface area contributed by atoms with Gasteiger partial charge in [0.05, 0.1) is 41.3 Å². The Morgan fingerprint density at radius 1 is 0.623 bits per heavy atom. The van der Waals surface area contributed by atoms with Gasteiger partial charge in [-0.1, -0.05) is 27.7 Å². The van der Waals surface area contributed by atoms with Gasteiger partial charge in [-0.3, -0.25) is 10.6 Å². The van der Waals surface area contributed by atoms with Crippen LogP contribution in [0.5, 0.6) is 11.5 Å². The van der Waals surface area contributed by atoms with Crippen LogP contribution in [0, 0.1) is 11.8 Å². The zero-order valence-corrected chi connectivity index (χ0v) is 40.6. The number of hydrogen-bond acceptors (Lipinski definition) is 13. The lowest BCUT2D eigenvalue weighted by Crippen LogP contribution is -2.52. The van der Waals surface area contributed by atoms with Crippen molar-refractivity contribution in [3.8, 4) is 34.0 Å². The minimum atomic E-state index is -4.74. The van der Waals surface area contributed by atoms with E-state index in [9.17, 15) is 40.7 Å². The predicted octanol–water partition coefficient (Wildman–Crippen LogP) is 11.3. The number of aromatic nitrogens is 4. The van der Waals surface area contributed by atoms with E-state index >= 15 is 0 Å². The van der Waals surface area contributed by atoms with Gasteiger partial charge in [0, 0.05) is 29.1 Å². The second-order valence-electron chi connectivity index (χ2n) is 18.3. The van der Waals surface area contributed by atoms with E-state index in [4.69, 9.17) is 29.4 Å². The fraction of sp³-hybridized carbons (Fsp3) is 0.511. The van der Waals surface area contributed by atoms with Crippen molar-refractivity contribution in [3.63, 3.8) is 0 Å². The van der Waals surface area contributed by atoms with Crippen molar-refractivity contribution in [3.05, 3.63) is 72.1 Å². The van der Waals surface area contributed by atoms with Crippen LogP contribution < -0.4 is 31.2 Å². The number of benzene rings is 2. The van der Waals surface area contributed by atoms with Gasteiger partial charge in [-0.2, -0.15) is 26.3 Å². The molecule has 0 unspecified atom stereocenters. The fourth-order valence-electron chi connectivity index (χ4n) is 6.82. The minimum Gasteiger partial charge on any atom is -0.491 e. The number of nitrogens with zero attached hydrogens (tertiary/aromatic N) is 4. The van der Waals surface area contributed by atoms with Gasteiger partial charge in [0.1, 0.15) is 30.3 Å². The maximum absolute atomic E-state index is 14.0. The number of halogens is 6. The number of nitrogens with one attached hydrogen (secondary N) is 3. The fourth-order valence-corrected chi connectivity index (χ4v) is 6.82. The average Bonchev–Trinajstić information content (AvgIpc) is 3.20. The Balaban J connectivity index is 0.000000373. The summed E-state index contributed by atoms with van der Waals surface area (Å²) >= 11 is 0. The number of alkyl halides is 6. The molecule has 0 aliphatic heterocycles. The third-order valence-corrected chi connectivity index (χ3v) is 9.09. The van der Waals surface area contributed by atoms with E-state index < -0.39 is 64.2 Å². The Kier molecular flexibility index (Phi) is 20.0. The van der Waals surface area contributed by atoms with Gasteiger partial charge < -0.3 is 34.7 Å². The lowest BCUT2D eigenvalue weighted by Gasteiger charge is -2.33. The summed E-state index contributed by atoms with van der Waals surface area (Å²) in [5.41, 5.74) is 2.36. The zero-order chi connectivity index (χ0) is 52.0. The van der Waals surface area contributed by atoms with Gasteiger partial charge in [0.2, 0.25) is 11.9 Å². The molecular weight excluding hydrogens is 919 g/mol. The molecular formula is C47H62F6N8O8. The van der Waals surface area contributed by atoms with E-state index in [0.717, 1.165) is 12.1 Å². The number of alkyl carbamates (subject to hydrolysis) is 1. The molecule has 0 aliphatic rings. The topological polar surface area (TPSA) is 211 Å². The molecule has 3 amide bonds. The Morgan fingerprint density at radius 2 is 1.04 bits per heavy atom. The Labute approximate surface area is 397 Å². The van der Waals surface area contributed by atoms with Gasteiger partial charge >= 0.3 is 30.6 Å². The first-order valence-electron chi connectivity index (χ1n) is 21.9. The van der Waals surface area contributed by atoms with Crippen molar-refractivity contribution >= 4 is 30.2 Å². The number of rotatable bonds is 17. The molecule has 0 bridgehead atoms. The monoisotopic (exact) mass is 980 g/mol. The van der Waals surface area contributed by atoms with E-state index in [-0.39, 0.29) is 78.4 Å². The SMILES string of the molecule is CCOC(=O)Nc1nccc(-c2ccc(OC[C@@](C)(N)CC(C)C)c(C(F)(F)F)c2)n1.CCOC(=O)Nc1nccc(-c2ccc(OC[C@](C)(CC(C)C)NC(=O)OC(C)(C)C)c(C(F)(F)F)c2)n1. The normalized spacial score (nSPS) is 13.5. The second-order valence-corrected chi connectivity index (χ2v) is 18.3. The second kappa shape index (κ2) is 24.2. The first-order chi connectivity index (χ1) is 31.9. The van der Waals surface area contributed by atoms with Gasteiger partial charge in [-0.15, -0.1) is 0 Å². The van der Waals surface area contributed by atoms with Gasteiger partial charge in [-0.25, -0.2) is 34.3 Å². The first-order valence-corrected chi connectivity index (χ1v) is 21.9. The van der Waals surface area contributed by atoms with E-state index in [1.807, 2.05) is 27.7 Å². The molecule has 0 fully saturated rings. The van der Waals surface area contributed by atoms with Crippen molar-refractivity contribution in [2.24, 2.45) is 17.6 Å². The summed E-state index contributed by atoms with van der Waals surface area (Å²) in [5.74, 6) is -0.530. The lowest BCUT2D eigenvalue weighted by atomic mass is 9.91. The van der Waals surface area contributed by atoms with Crippen molar-refractivity contribution < 1.29 is 64.4 Å². The number of ether oxygens (including phenoxy) is 5. The molecule has 0 saturated carbocycles. The summed E-state index contributed by atoms with van der Waals surface area (Å²) in [5, 5.41) is 7.38. The molecule has 4 aromatic rings. The van der Waals surface area contributed by atoms with Gasteiger partial charge in [0.15, 0.2) is 0 Å². The predicted molar refractivity (Wildman–Crippen MR) is 246 cm³/mol. The summed E-state index contributed by atoms with van der Waals surface area (Å²) in [6, 6.07) is 10.0. The summed E-state index contributed by atoms with van der Waals surface area (Å²) in [4.78, 5) is 51.5. The van der Waals surface area contributed by atoms with Crippen LogP contribution in [-0.4, -0.2) is 81.3 Å².